The van der Waals surface area contributed by atoms with Gasteiger partial charge in [0.15, 0.2) is 24.6 Å². The Bertz CT molecular complexity index is 2460. The Kier molecular flexibility index (Phi) is 15.6. The number of carbonyl (C=O) groups excluding carboxylic acids is 5. The van der Waals surface area contributed by atoms with Gasteiger partial charge in [-0.1, -0.05) is 116 Å². The second-order valence-electron chi connectivity index (χ2n) is 17.1. The van der Waals surface area contributed by atoms with Gasteiger partial charge in [-0.3, -0.25) is 0 Å². The van der Waals surface area contributed by atoms with Crippen molar-refractivity contribution in [2.24, 2.45) is 5.41 Å². The predicted octanol–water partition coefficient (Wildman–Crippen LogP) is 9.79. The summed E-state index contributed by atoms with van der Waals surface area (Å²) in [6, 6.07) is 41.9. The van der Waals surface area contributed by atoms with Crippen molar-refractivity contribution in [1.29, 1.82) is 0 Å². The smallest absolute Gasteiger partial charge is 0.338 e. The summed E-state index contributed by atoms with van der Waals surface area (Å²) < 4.78 is 43.6. The van der Waals surface area contributed by atoms with Gasteiger partial charge in [0.2, 0.25) is 0 Å². The van der Waals surface area contributed by atoms with Crippen molar-refractivity contribution in [2.45, 2.75) is 96.3 Å². The number of benzene rings is 5. The molecule has 1 aliphatic carbocycles. The summed E-state index contributed by atoms with van der Waals surface area (Å²) in [5.41, 5.74) is 3.33. The summed E-state index contributed by atoms with van der Waals surface area (Å²) in [5, 5.41) is 0. The third-order valence-corrected chi connectivity index (χ3v) is 11.8. The van der Waals surface area contributed by atoms with E-state index in [9.17, 15) is 24.0 Å². The average molecular weight is 895 g/mol. The highest BCUT2D eigenvalue weighted by Crippen LogP contribution is 2.44. The van der Waals surface area contributed by atoms with Crippen LogP contribution in [-0.4, -0.2) is 79.4 Å². The molecule has 0 unspecified atom stereocenters. The summed E-state index contributed by atoms with van der Waals surface area (Å²) in [6.07, 6.45) is -5.80. The molecule has 0 amide bonds. The van der Waals surface area contributed by atoms with Gasteiger partial charge < -0.3 is 33.2 Å². The first-order chi connectivity index (χ1) is 31.9. The van der Waals surface area contributed by atoms with Gasteiger partial charge in [0.05, 0.1) is 33.9 Å². The van der Waals surface area contributed by atoms with Crippen LogP contribution in [0.25, 0.3) is 0 Å². The van der Waals surface area contributed by atoms with Crippen molar-refractivity contribution < 1.29 is 57.1 Å². The SMILES string of the molecule is CC1=C(CC[C@H](C)O[C@@H]2O[C@H](COC(=O)c3ccccc3)[C@@H](OC(=O)c3ccccc3)[C@H](OC(=O)c3ccccc3)[C@H]2OC(=O)c2ccccc2)C(C)(C)C[C@H](OC(=O)c2ccccc2)C1. The molecule has 0 radical (unpaired) electrons. The van der Waals surface area contributed by atoms with Crippen molar-refractivity contribution in [1.82, 2.24) is 0 Å². The van der Waals surface area contributed by atoms with E-state index in [0.717, 1.165) is 5.57 Å². The van der Waals surface area contributed by atoms with E-state index in [4.69, 9.17) is 33.2 Å². The normalized spacial score (nSPS) is 21.7. The highest BCUT2D eigenvalue weighted by molar-refractivity contribution is 5.92. The summed E-state index contributed by atoms with van der Waals surface area (Å²) in [5.74, 6) is -3.40. The number of hydrogen-bond donors (Lipinski definition) is 0. The fourth-order valence-corrected chi connectivity index (χ4v) is 8.52. The van der Waals surface area contributed by atoms with Gasteiger partial charge in [0.25, 0.3) is 0 Å². The van der Waals surface area contributed by atoms with Crippen molar-refractivity contribution in [2.75, 3.05) is 6.61 Å². The van der Waals surface area contributed by atoms with Gasteiger partial charge in [-0.25, -0.2) is 24.0 Å². The number of ether oxygens (including phenoxy) is 7. The van der Waals surface area contributed by atoms with Crippen molar-refractivity contribution in [3.63, 3.8) is 0 Å². The van der Waals surface area contributed by atoms with Crippen molar-refractivity contribution in [3.8, 4) is 0 Å². The molecule has 5 aromatic rings. The molecule has 1 aliphatic heterocycles. The molecular weight excluding hydrogens is 841 g/mol. The Morgan fingerprint density at radius 2 is 0.955 bits per heavy atom. The highest BCUT2D eigenvalue weighted by Gasteiger charge is 2.54. The molecule has 7 atom stereocenters. The Balaban J connectivity index is 1.19. The van der Waals surface area contributed by atoms with Gasteiger partial charge in [0, 0.05) is 6.42 Å². The molecule has 342 valence electrons. The molecule has 1 heterocycles. The lowest BCUT2D eigenvalue weighted by atomic mass is 9.70. The number of carbonyl (C=O) groups is 5. The molecule has 5 aromatic carbocycles. The Hall–Kier alpha value is -6.89. The minimum atomic E-state index is -1.54. The van der Waals surface area contributed by atoms with E-state index in [-0.39, 0.29) is 39.7 Å². The molecule has 0 N–H and O–H groups in total. The first-order valence-electron chi connectivity index (χ1n) is 22.1. The van der Waals surface area contributed by atoms with Gasteiger partial charge in [0.1, 0.15) is 18.8 Å². The van der Waals surface area contributed by atoms with Crippen LogP contribution in [0.15, 0.2) is 163 Å². The molecule has 12 heteroatoms. The van der Waals surface area contributed by atoms with Crippen LogP contribution in [0, 0.1) is 5.41 Å². The third-order valence-electron chi connectivity index (χ3n) is 11.8. The van der Waals surface area contributed by atoms with Crippen LogP contribution >= 0.6 is 0 Å². The Morgan fingerprint density at radius 1 is 0.561 bits per heavy atom. The maximum atomic E-state index is 14.0. The summed E-state index contributed by atoms with van der Waals surface area (Å²) in [6.45, 7) is 7.70. The van der Waals surface area contributed by atoms with E-state index >= 15 is 0 Å². The minimum absolute atomic E-state index is 0.180. The monoisotopic (exact) mass is 894 g/mol. The van der Waals surface area contributed by atoms with E-state index in [1.807, 2.05) is 13.0 Å². The largest absolute Gasteiger partial charge is 0.459 e. The van der Waals surface area contributed by atoms with E-state index in [1.165, 1.54) is 5.57 Å². The van der Waals surface area contributed by atoms with Crippen molar-refractivity contribution >= 4 is 29.8 Å². The highest BCUT2D eigenvalue weighted by atomic mass is 16.7. The first kappa shape index (κ1) is 47.1. The molecule has 0 spiro atoms. The fourth-order valence-electron chi connectivity index (χ4n) is 8.52. The topological polar surface area (TPSA) is 150 Å². The lowest BCUT2D eigenvalue weighted by Gasteiger charge is -2.45. The van der Waals surface area contributed by atoms with E-state index < -0.39 is 67.3 Å². The molecule has 2 aliphatic rings. The molecule has 1 fully saturated rings. The minimum Gasteiger partial charge on any atom is -0.459 e. The Labute approximate surface area is 384 Å². The summed E-state index contributed by atoms with van der Waals surface area (Å²) >= 11 is 0. The van der Waals surface area contributed by atoms with E-state index in [2.05, 4.69) is 20.8 Å². The summed E-state index contributed by atoms with van der Waals surface area (Å²) in [4.78, 5) is 68.2. The molecule has 0 bridgehead atoms. The van der Waals surface area contributed by atoms with Crippen LogP contribution < -0.4 is 0 Å². The second-order valence-corrected chi connectivity index (χ2v) is 17.1. The number of rotatable bonds is 16. The zero-order valence-corrected chi connectivity index (χ0v) is 37.4. The number of allylic oxidation sites excluding steroid dienone is 1. The van der Waals surface area contributed by atoms with Gasteiger partial charge in [-0.15, -0.1) is 0 Å². The van der Waals surface area contributed by atoms with Crippen LogP contribution in [0.5, 0.6) is 0 Å². The van der Waals surface area contributed by atoms with Crippen LogP contribution in [0.1, 0.15) is 105 Å². The van der Waals surface area contributed by atoms with Crippen LogP contribution in [0.4, 0.5) is 0 Å². The number of hydrogen-bond acceptors (Lipinski definition) is 12. The number of esters is 5. The Morgan fingerprint density at radius 3 is 1.39 bits per heavy atom. The predicted molar refractivity (Wildman–Crippen MR) is 243 cm³/mol. The zero-order chi connectivity index (χ0) is 46.6. The summed E-state index contributed by atoms with van der Waals surface area (Å²) in [7, 11) is 0. The fraction of sp³-hybridized carbons (Fsp3) is 0.315. The lowest BCUT2D eigenvalue weighted by molar-refractivity contribution is -0.307. The van der Waals surface area contributed by atoms with Crippen LogP contribution in [0.3, 0.4) is 0 Å². The molecule has 12 nitrogen and oxygen atoms in total. The van der Waals surface area contributed by atoms with Gasteiger partial charge in [-0.05, 0) is 99.2 Å². The molecule has 1 saturated heterocycles. The average Bonchev–Trinajstić information content (AvgIpc) is 3.33. The van der Waals surface area contributed by atoms with Crippen molar-refractivity contribution in [3.05, 3.63) is 191 Å². The van der Waals surface area contributed by atoms with Crippen LogP contribution in [0.2, 0.25) is 0 Å². The van der Waals surface area contributed by atoms with E-state index in [0.29, 0.717) is 31.2 Å². The van der Waals surface area contributed by atoms with Gasteiger partial charge >= 0.3 is 29.8 Å². The third kappa shape index (κ3) is 12.1. The molecule has 66 heavy (non-hydrogen) atoms. The standard InChI is InChI=1S/C54H54O12/c1-35-32-42(62-49(56)38-22-12-6-13-23-38)33-54(3,4)43(35)31-30-36(2)61-53-47(66-52(59)41-28-18-9-19-29-41)46(65-51(58)40-26-16-8-17-27-40)45(64-50(57)39-24-14-7-15-25-39)44(63-53)34-60-48(55)37-20-10-5-11-21-37/h5-29,36,42,44-47,53H,30-34H2,1-4H3/t36-,42+,44+,45+,46-,47+,53+/m0/s1. The molecule has 7 rings (SSSR count). The molecular formula is C54H54O12. The maximum Gasteiger partial charge on any atom is 0.338 e. The second kappa shape index (κ2) is 21.9. The van der Waals surface area contributed by atoms with Gasteiger partial charge in [-0.2, -0.15) is 0 Å². The molecule has 0 saturated carbocycles. The van der Waals surface area contributed by atoms with Crippen LogP contribution in [-0.2, 0) is 33.2 Å². The first-order valence-corrected chi connectivity index (χ1v) is 22.1. The zero-order valence-electron chi connectivity index (χ0n) is 37.4. The van der Waals surface area contributed by atoms with E-state index in [1.54, 1.807) is 146 Å². The molecule has 0 aromatic heterocycles. The lowest BCUT2D eigenvalue weighted by Crippen LogP contribution is -2.63. The quantitative estimate of drug-likeness (QED) is 0.0527. The maximum absolute atomic E-state index is 14.0.